The van der Waals surface area contributed by atoms with E-state index >= 15 is 0 Å². The molecule has 2 aromatic heterocycles. The third-order valence-corrected chi connectivity index (χ3v) is 6.97. The average Bonchev–Trinajstić information content (AvgIpc) is 3.64. The average molecular weight is 567 g/mol. The van der Waals surface area contributed by atoms with Gasteiger partial charge in [0.2, 0.25) is 0 Å². The minimum Gasteiger partial charge on any atom is -0.489 e. The van der Waals surface area contributed by atoms with E-state index in [1.165, 1.54) is 23.4 Å². The number of nitrogens with one attached hydrogen (secondary N) is 1. The lowest BCUT2D eigenvalue weighted by Gasteiger charge is -2.28. The molecule has 6 aromatic rings. The molecule has 0 fully saturated rings. The molecule has 6 rings (SSSR count). The Morgan fingerprint density at radius 1 is 0.857 bits per heavy atom. The van der Waals surface area contributed by atoms with Gasteiger partial charge in [-0.1, -0.05) is 48.5 Å². The van der Waals surface area contributed by atoms with E-state index in [4.69, 9.17) is 4.74 Å². The fourth-order valence-corrected chi connectivity index (χ4v) is 4.85. The van der Waals surface area contributed by atoms with Crippen LogP contribution in [0.5, 0.6) is 5.75 Å². The van der Waals surface area contributed by atoms with Crippen molar-refractivity contribution < 1.29 is 18.6 Å². The van der Waals surface area contributed by atoms with Crippen molar-refractivity contribution in [2.75, 3.05) is 5.32 Å². The predicted molar refractivity (Wildman–Crippen MR) is 155 cm³/mol. The second-order valence-corrected chi connectivity index (χ2v) is 10.1. The van der Waals surface area contributed by atoms with Crippen molar-refractivity contribution in [3.05, 3.63) is 138 Å². The van der Waals surface area contributed by atoms with Crippen molar-refractivity contribution in [3.63, 3.8) is 0 Å². The molecule has 2 heterocycles. The second-order valence-electron chi connectivity index (χ2n) is 10.1. The van der Waals surface area contributed by atoms with Crippen molar-refractivity contribution >= 4 is 16.6 Å². The highest BCUT2D eigenvalue weighted by atomic mass is 19.1. The van der Waals surface area contributed by atoms with Crippen molar-refractivity contribution in [2.24, 2.45) is 0 Å². The zero-order valence-electron chi connectivity index (χ0n) is 22.6. The first-order valence-corrected chi connectivity index (χ1v) is 13.4. The Labute approximate surface area is 240 Å². The van der Waals surface area contributed by atoms with Gasteiger partial charge in [-0.05, 0) is 47.5 Å². The van der Waals surface area contributed by atoms with Gasteiger partial charge in [0.25, 0.3) is 0 Å². The van der Waals surface area contributed by atoms with Crippen LogP contribution in [-0.2, 0) is 31.8 Å². The molecule has 10 heteroatoms. The monoisotopic (exact) mass is 566 g/mol. The number of nitrogens with zero attached hydrogens (tertiary/aromatic N) is 5. The number of fused-ring (bicyclic) bond motifs is 1. The number of aliphatic hydroxyl groups is 1. The van der Waals surface area contributed by atoms with E-state index in [0.717, 1.165) is 40.1 Å². The van der Waals surface area contributed by atoms with Crippen molar-refractivity contribution in [1.82, 2.24) is 24.5 Å². The summed E-state index contributed by atoms with van der Waals surface area (Å²) in [7, 11) is 0. The van der Waals surface area contributed by atoms with Gasteiger partial charge in [-0.2, -0.15) is 10.2 Å². The summed E-state index contributed by atoms with van der Waals surface area (Å²) < 4.78 is 37.2. The molecule has 0 radical (unpaired) electrons. The minimum atomic E-state index is -1.77. The Balaban J connectivity index is 1.14. The van der Waals surface area contributed by atoms with Crippen LogP contribution in [0.15, 0.2) is 110 Å². The van der Waals surface area contributed by atoms with E-state index in [1.54, 1.807) is 10.9 Å². The molecule has 0 amide bonds. The van der Waals surface area contributed by atoms with Crippen LogP contribution in [0.1, 0.15) is 16.7 Å². The predicted octanol–water partition coefficient (Wildman–Crippen LogP) is 5.69. The number of aromatic nitrogens is 5. The number of hydrogen-bond donors (Lipinski definition) is 2. The molecule has 0 spiro atoms. The van der Waals surface area contributed by atoms with E-state index < -0.39 is 17.2 Å². The molecule has 42 heavy (non-hydrogen) atoms. The Kier molecular flexibility index (Phi) is 7.61. The van der Waals surface area contributed by atoms with Crippen LogP contribution in [0.3, 0.4) is 0 Å². The number of halogens is 2. The molecule has 0 aliphatic carbocycles. The zero-order valence-corrected chi connectivity index (χ0v) is 22.6. The Bertz CT molecular complexity index is 1780. The number of rotatable bonds is 11. The smallest absolute Gasteiger partial charge is 0.137 e. The second kappa shape index (κ2) is 11.8. The zero-order chi connectivity index (χ0) is 28.9. The summed E-state index contributed by atoms with van der Waals surface area (Å²) in [5.41, 5.74) is 1.99. The number of benzene rings is 4. The van der Waals surface area contributed by atoms with E-state index in [0.29, 0.717) is 18.7 Å². The lowest BCUT2D eigenvalue weighted by Crippen LogP contribution is -2.37. The van der Waals surface area contributed by atoms with E-state index in [-0.39, 0.29) is 18.7 Å². The van der Waals surface area contributed by atoms with Crippen LogP contribution >= 0.6 is 0 Å². The fourth-order valence-electron chi connectivity index (χ4n) is 4.85. The minimum absolute atomic E-state index is 0.0576. The highest BCUT2D eigenvalue weighted by Crippen LogP contribution is 2.29. The third kappa shape index (κ3) is 6.29. The third-order valence-electron chi connectivity index (χ3n) is 6.97. The molecule has 2 N–H and O–H groups in total. The molecule has 0 aliphatic rings. The maximum Gasteiger partial charge on any atom is 0.137 e. The molecular weight excluding hydrogens is 538 g/mol. The van der Waals surface area contributed by atoms with Gasteiger partial charge >= 0.3 is 0 Å². The van der Waals surface area contributed by atoms with Gasteiger partial charge in [0.05, 0.1) is 18.6 Å². The maximum atomic E-state index is 14.8. The largest absolute Gasteiger partial charge is 0.489 e. The van der Waals surface area contributed by atoms with Gasteiger partial charge < -0.3 is 15.2 Å². The van der Waals surface area contributed by atoms with Gasteiger partial charge in [0.15, 0.2) is 0 Å². The summed E-state index contributed by atoms with van der Waals surface area (Å²) in [5, 5.41) is 24.5. The van der Waals surface area contributed by atoms with Gasteiger partial charge in [-0.25, -0.2) is 18.4 Å². The first-order valence-electron chi connectivity index (χ1n) is 13.4. The first-order chi connectivity index (χ1) is 20.4. The fraction of sp³-hybridized carbons (Fsp3) is 0.156. The Morgan fingerprint density at radius 2 is 1.67 bits per heavy atom. The van der Waals surface area contributed by atoms with Crippen LogP contribution in [0.4, 0.5) is 14.5 Å². The Morgan fingerprint density at radius 3 is 2.43 bits per heavy atom. The lowest BCUT2D eigenvalue weighted by atomic mass is 9.93. The standard InChI is InChI=1S/C32H28F2N6O2/c33-26-8-12-29(30(34)15-26)32(41,20-40-22-35-21-37-40)19-39-17-25-14-27(9-13-31(25)38-39)36-16-23-6-10-28(11-7-23)42-18-24-4-2-1-3-5-24/h1-15,17,21-22,36,41H,16,18-20H2. The molecule has 1 atom stereocenters. The number of hydrogen-bond acceptors (Lipinski definition) is 6. The summed E-state index contributed by atoms with van der Waals surface area (Å²) in [6.07, 6.45) is 4.54. The molecule has 212 valence electrons. The molecule has 4 aromatic carbocycles. The van der Waals surface area contributed by atoms with Crippen LogP contribution in [0, 0.1) is 11.6 Å². The Hall–Kier alpha value is -5.09. The first kappa shape index (κ1) is 27.1. The number of ether oxygens (including phenoxy) is 1. The molecule has 8 nitrogen and oxygen atoms in total. The molecule has 0 bridgehead atoms. The quantitative estimate of drug-likeness (QED) is 0.210. The summed E-state index contributed by atoms with van der Waals surface area (Å²) in [6.45, 7) is 0.934. The summed E-state index contributed by atoms with van der Waals surface area (Å²) in [6, 6.07) is 26.9. The van der Waals surface area contributed by atoms with Crippen molar-refractivity contribution in [1.29, 1.82) is 0 Å². The molecule has 1 unspecified atom stereocenters. The summed E-state index contributed by atoms with van der Waals surface area (Å²) in [4.78, 5) is 3.90. The van der Waals surface area contributed by atoms with Crippen molar-refractivity contribution in [3.8, 4) is 5.75 Å². The van der Waals surface area contributed by atoms with E-state index in [1.807, 2.05) is 72.8 Å². The van der Waals surface area contributed by atoms with E-state index in [2.05, 4.69) is 20.5 Å². The highest BCUT2D eigenvalue weighted by molar-refractivity contribution is 5.82. The molecule has 0 saturated heterocycles. The molecule has 0 aliphatic heterocycles. The summed E-state index contributed by atoms with van der Waals surface area (Å²) >= 11 is 0. The lowest BCUT2D eigenvalue weighted by molar-refractivity contribution is -0.00828. The van der Waals surface area contributed by atoms with Crippen LogP contribution in [0.25, 0.3) is 10.9 Å². The summed E-state index contributed by atoms with van der Waals surface area (Å²) in [5.74, 6) is -0.770. The van der Waals surface area contributed by atoms with Crippen molar-refractivity contribution in [2.45, 2.75) is 31.8 Å². The van der Waals surface area contributed by atoms with Gasteiger partial charge in [-0.15, -0.1) is 0 Å². The van der Waals surface area contributed by atoms with E-state index in [9.17, 15) is 13.9 Å². The molecule has 0 saturated carbocycles. The van der Waals surface area contributed by atoms with Gasteiger partial charge in [0, 0.05) is 35.4 Å². The van der Waals surface area contributed by atoms with Crippen LogP contribution in [0.2, 0.25) is 0 Å². The molecular formula is C32H28F2N6O2. The highest BCUT2D eigenvalue weighted by Gasteiger charge is 2.34. The topological polar surface area (TPSA) is 90.0 Å². The van der Waals surface area contributed by atoms with Crippen LogP contribution in [-0.4, -0.2) is 29.7 Å². The van der Waals surface area contributed by atoms with Gasteiger partial charge in [0.1, 0.15) is 42.2 Å². The maximum absolute atomic E-state index is 14.8. The van der Waals surface area contributed by atoms with Crippen LogP contribution < -0.4 is 10.1 Å². The van der Waals surface area contributed by atoms with Gasteiger partial charge in [-0.3, -0.25) is 4.68 Å². The SMILES string of the molecule is OC(Cn1cncn1)(Cn1cc2cc(NCc3ccc(OCc4ccccc4)cc3)ccc2n1)c1ccc(F)cc1F. The number of anilines is 1. The normalized spacial score (nSPS) is 12.7.